The van der Waals surface area contributed by atoms with E-state index in [2.05, 4.69) is 14.7 Å². The smallest absolute Gasteiger partial charge is 0.263 e. The molecule has 0 aliphatic heterocycles. The van der Waals surface area contributed by atoms with Crippen LogP contribution in [0.2, 0.25) is 0 Å². The second-order valence-electron chi connectivity index (χ2n) is 5.91. The zero-order valence-corrected chi connectivity index (χ0v) is 16.1. The first-order valence-electron chi connectivity index (χ1n) is 8.30. The van der Waals surface area contributed by atoms with Crippen molar-refractivity contribution in [2.45, 2.75) is 4.90 Å². The van der Waals surface area contributed by atoms with E-state index in [9.17, 15) is 13.5 Å². The summed E-state index contributed by atoms with van der Waals surface area (Å²) in [6.07, 6.45) is 3.11. The summed E-state index contributed by atoms with van der Waals surface area (Å²) in [5.74, 6) is 0.134. The van der Waals surface area contributed by atoms with Crippen LogP contribution in [0.15, 0.2) is 82.1 Å². The van der Waals surface area contributed by atoms with Gasteiger partial charge in [0.2, 0.25) is 0 Å². The summed E-state index contributed by atoms with van der Waals surface area (Å²) < 4.78 is 27.2. The van der Waals surface area contributed by atoms with Crippen LogP contribution in [0, 0.1) is 0 Å². The Morgan fingerprint density at radius 3 is 2.57 bits per heavy atom. The van der Waals surface area contributed by atoms with Gasteiger partial charge in [-0.15, -0.1) is 11.3 Å². The molecule has 140 valence electrons. The lowest BCUT2D eigenvalue weighted by molar-refractivity contribution is 0.475. The number of anilines is 1. The number of nitrogens with zero attached hydrogens (tertiary/aromatic N) is 2. The lowest BCUT2D eigenvalue weighted by Gasteiger charge is -2.06. The molecule has 28 heavy (non-hydrogen) atoms. The number of rotatable bonds is 5. The van der Waals surface area contributed by atoms with Gasteiger partial charge in [0, 0.05) is 23.4 Å². The lowest BCUT2D eigenvalue weighted by atomic mass is 10.0. The summed E-state index contributed by atoms with van der Waals surface area (Å²) in [6, 6.07) is 17.3. The first kappa shape index (κ1) is 18.1. The largest absolute Gasteiger partial charge is 0.507 e. The molecule has 3 aromatic carbocycles. The molecule has 0 fully saturated rings. The SMILES string of the molecule is O=S(=O)(Nc1nccs1)c1ccc(/N=C/c2c(O)ccc3ccccc23)cc1. The fourth-order valence-electron chi connectivity index (χ4n) is 2.72. The third kappa shape index (κ3) is 3.73. The van der Waals surface area contributed by atoms with Gasteiger partial charge in [0.1, 0.15) is 5.75 Å². The second kappa shape index (κ2) is 7.41. The first-order valence-corrected chi connectivity index (χ1v) is 10.7. The van der Waals surface area contributed by atoms with Gasteiger partial charge in [0.15, 0.2) is 5.13 Å². The highest BCUT2D eigenvalue weighted by molar-refractivity contribution is 7.93. The molecule has 0 saturated carbocycles. The maximum Gasteiger partial charge on any atom is 0.263 e. The average Bonchev–Trinajstić information content (AvgIpc) is 3.20. The predicted molar refractivity (Wildman–Crippen MR) is 112 cm³/mol. The number of fused-ring (bicyclic) bond motifs is 1. The highest BCUT2D eigenvalue weighted by Crippen LogP contribution is 2.26. The van der Waals surface area contributed by atoms with Crippen LogP contribution in [0.3, 0.4) is 0 Å². The van der Waals surface area contributed by atoms with E-state index in [1.54, 1.807) is 29.8 Å². The van der Waals surface area contributed by atoms with Gasteiger partial charge < -0.3 is 5.11 Å². The zero-order valence-electron chi connectivity index (χ0n) is 14.5. The lowest BCUT2D eigenvalue weighted by Crippen LogP contribution is -2.12. The Balaban J connectivity index is 1.60. The molecule has 1 aromatic heterocycles. The molecule has 0 bridgehead atoms. The maximum absolute atomic E-state index is 12.4. The predicted octanol–water partition coefficient (Wildman–Crippen LogP) is 4.55. The maximum atomic E-state index is 12.4. The van der Waals surface area contributed by atoms with Crippen LogP contribution in [-0.2, 0) is 10.0 Å². The van der Waals surface area contributed by atoms with E-state index in [1.807, 2.05) is 30.3 Å². The van der Waals surface area contributed by atoms with Crippen LogP contribution in [0.1, 0.15) is 5.56 Å². The molecule has 0 amide bonds. The third-order valence-corrected chi connectivity index (χ3v) is 6.26. The molecule has 0 spiro atoms. The summed E-state index contributed by atoms with van der Waals surface area (Å²) in [5, 5.41) is 14.1. The van der Waals surface area contributed by atoms with Gasteiger partial charge in [-0.25, -0.2) is 13.4 Å². The normalized spacial score (nSPS) is 11.9. The highest BCUT2D eigenvalue weighted by Gasteiger charge is 2.15. The van der Waals surface area contributed by atoms with Gasteiger partial charge in [-0.3, -0.25) is 9.71 Å². The van der Waals surface area contributed by atoms with Crippen LogP contribution >= 0.6 is 11.3 Å². The molecule has 4 aromatic rings. The molecule has 4 rings (SSSR count). The molecule has 0 saturated heterocycles. The molecule has 0 radical (unpaired) electrons. The number of hydrogen-bond acceptors (Lipinski definition) is 6. The number of nitrogens with one attached hydrogen (secondary N) is 1. The van der Waals surface area contributed by atoms with E-state index >= 15 is 0 Å². The quantitative estimate of drug-likeness (QED) is 0.473. The highest BCUT2D eigenvalue weighted by atomic mass is 32.2. The number of thiazole rings is 1. The van der Waals surface area contributed by atoms with E-state index < -0.39 is 10.0 Å². The van der Waals surface area contributed by atoms with Crippen LogP contribution < -0.4 is 4.72 Å². The van der Waals surface area contributed by atoms with Crippen molar-refractivity contribution in [2.24, 2.45) is 4.99 Å². The minimum absolute atomic E-state index is 0.120. The average molecular weight is 409 g/mol. The fraction of sp³-hybridized carbons (Fsp3) is 0. The Bertz CT molecular complexity index is 1250. The van der Waals surface area contributed by atoms with Crippen molar-refractivity contribution in [3.05, 3.63) is 77.8 Å². The third-order valence-electron chi connectivity index (χ3n) is 4.09. The minimum atomic E-state index is -3.70. The molecule has 1 heterocycles. The van der Waals surface area contributed by atoms with Crippen molar-refractivity contribution in [1.29, 1.82) is 0 Å². The number of sulfonamides is 1. The topological polar surface area (TPSA) is 91.7 Å². The van der Waals surface area contributed by atoms with Gasteiger partial charge in [-0.2, -0.15) is 0 Å². The van der Waals surface area contributed by atoms with Crippen molar-refractivity contribution >= 4 is 49.2 Å². The Kier molecular flexibility index (Phi) is 4.81. The van der Waals surface area contributed by atoms with Crippen LogP contribution in [0.4, 0.5) is 10.8 Å². The van der Waals surface area contributed by atoms with E-state index in [0.29, 0.717) is 16.4 Å². The van der Waals surface area contributed by atoms with Crippen molar-refractivity contribution < 1.29 is 13.5 Å². The fourth-order valence-corrected chi connectivity index (χ4v) is 4.51. The molecule has 0 aliphatic rings. The molecular weight excluding hydrogens is 394 g/mol. The number of phenols is 1. The number of hydrogen-bond donors (Lipinski definition) is 2. The molecule has 0 aliphatic carbocycles. The number of aliphatic imine (C=N–C) groups is 1. The summed E-state index contributed by atoms with van der Waals surface area (Å²) in [4.78, 5) is 8.42. The van der Waals surface area contributed by atoms with E-state index in [0.717, 1.165) is 10.8 Å². The second-order valence-corrected chi connectivity index (χ2v) is 8.49. The van der Waals surface area contributed by atoms with Gasteiger partial charge in [-0.1, -0.05) is 30.3 Å². The molecule has 0 atom stereocenters. The summed E-state index contributed by atoms with van der Waals surface area (Å²) in [5.41, 5.74) is 1.18. The van der Waals surface area contributed by atoms with Gasteiger partial charge >= 0.3 is 0 Å². The zero-order chi connectivity index (χ0) is 19.6. The van der Waals surface area contributed by atoms with Crippen LogP contribution in [-0.4, -0.2) is 24.7 Å². The van der Waals surface area contributed by atoms with Gasteiger partial charge in [0.05, 0.1) is 10.6 Å². The Labute approximate surface area is 165 Å². The minimum Gasteiger partial charge on any atom is -0.507 e. The van der Waals surface area contributed by atoms with Crippen molar-refractivity contribution in [2.75, 3.05) is 4.72 Å². The first-order chi connectivity index (χ1) is 13.5. The monoisotopic (exact) mass is 409 g/mol. The Morgan fingerprint density at radius 2 is 1.82 bits per heavy atom. The van der Waals surface area contributed by atoms with Crippen LogP contribution in [0.5, 0.6) is 5.75 Å². The molecule has 2 N–H and O–H groups in total. The summed E-state index contributed by atoms with van der Waals surface area (Å²) in [7, 11) is -3.70. The molecular formula is C20H15N3O3S2. The molecule has 0 unspecified atom stereocenters. The summed E-state index contributed by atoms with van der Waals surface area (Å²) >= 11 is 1.21. The number of benzene rings is 3. The number of aromatic hydroxyl groups is 1. The molecule has 6 nitrogen and oxygen atoms in total. The van der Waals surface area contributed by atoms with E-state index in [-0.39, 0.29) is 10.6 Å². The molecule has 8 heteroatoms. The Morgan fingerprint density at radius 1 is 1.04 bits per heavy atom. The van der Waals surface area contributed by atoms with E-state index in [1.165, 1.54) is 29.7 Å². The van der Waals surface area contributed by atoms with Crippen molar-refractivity contribution in [3.8, 4) is 5.75 Å². The van der Waals surface area contributed by atoms with Crippen molar-refractivity contribution in [3.63, 3.8) is 0 Å². The number of phenolic OH excluding ortho intramolecular Hbond substituents is 1. The summed E-state index contributed by atoms with van der Waals surface area (Å²) in [6.45, 7) is 0. The Hall–Kier alpha value is -3.23. The van der Waals surface area contributed by atoms with Gasteiger partial charge in [0.25, 0.3) is 10.0 Å². The van der Waals surface area contributed by atoms with Crippen molar-refractivity contribution in [1.82, 2.24) is 4.98 Å². The number of aromatic nitrogens is 1. The van der Waals surface area contributed by atoms with Crippen LogP contribution in [0.25, 0.3) is 10.8 Å². The standard InChI is InChI=1S/C20H15N3O3S2/c24-19-10-5-14-3-1-2-4-17(14)18(19)13-22-15-6-8-16(9-7-15)28(25,26)23-20-21-11-12-27-20/h1-13,24H,(H,21,23)/b22-13+. The van der Waals surface area contributed by atoms with E-state index in [4.69, 9.17) is 0 Å². The van der Waals surface area contributed by atoms with Gasteiger partial charge in [-0.05, 0) is 41.1 Å².